The van der Waals surface area contributed by atoms with Crippen LogP contribution in [0.1, 0.15) is 34.9 Å². The third kappa shape index (κ3) is 7.24. The van der Waals surface area contributed by atoms with Gasteiger partial charge in [-0.15, -0.1) is 11.3 Å². The summed E-state index contributed by atoms with van der Waals surface area (Å²) < 4.78 is 14.0. The lowest BCUT2D eigenvalue weighted by atomic mass is 10.2. The van der Waals surface area contributed by atoms with E-state index in [-0.39, 0.29) is 24.2 Å². The fourth-order valence-corrected chi connectivity index (χ4v) is 4.83. The number of para-hydroxylation sites is 1. The van der Waals surface area contributed by atoms with Crippen LogP contribution in [0, 0.1) is 5.82 Å². The van der Waals surface area contributed by atoms with Gasteiger partial charge in [0.2, 0.25) is 0 Å². The summed E-state index contributed by atoms with van der Waals surface area (Å²) in [4.78, 5) is 36.1. The molecule has 1 aliphatic rings. The monoisotopic (exact) mass is 521 g/mol. The first-order valence-corrected chi connectivity index (χ1v) is 13.3. The number of piperazine rings is 1. The summed E-state index contributed by atoms with van der Waals surface area (Å²) in [7, 11) is 0. The molecule has 1 N–H and O–H groups in total. The Bertz CT molecular complexity index is 1220. The van der Waals surface area contributed by atoms with E-state index in [1.54, 1.807) is 22.4 Å². The average Bonchev–Trinajstić information content (AvgIpc) is 3.38. The molecule has 0 unspecified atom stereocenters. The van der Waals surface area contributed by atoms with Crippen molar-refractivity contribution in [1.82, 2.24) is 19.7 Å². The Kier molecular flexibility index (Phi) is 9.03. The molecule has 0 saturated carbocycles. The van der Waals surface area contributed by atoms with Crippen LogP contribution >= 0.6 is 11.3 Å². The number of aromatic nitrogens is 1. The van der Waals surface area contributed by atoms with Gasteiger partial charge in [0.15, 0.2) is 0 Å². The molecule has 2 aromatic carbocycles. The fourth-order valence-electron chi connectivity index (χ4n) is 4.06. The summed E-state index contributed by atoms with van der Waals surface area (Å²) in [6, 6.07) is 15.7. The summed E-state index contributed by atoms with van der Waals surface area (Å²) in [5.41, 5.74) is 1.70. The highest BCUT2D eigenvalue weighted by molar-refractivity contribution is 7.09. The number of nitrogens with zero attached hydrogens (tertiary/aromatic N) is 4. The van der Waals surface area contributed by atoms with E-state index in [0.717, 1.165) is 19.6 Å². The molecule has 7 nitrogen and oxygen atoms in total. The first-order valence-electron chi connectivity index (χ1n) is 12.4. The molecule has 2 heterocycles. The number of urea groups is 1. The Balaban J connectivity index is 1.29. The van der Waals surface area contributed by atoms with E-state index in [4.69, 9.17) is 0 Å². The molecule has 3 aromatic rings. The number of hydrogen-bond donors (Lipinski definition) is 1. The van der Waals surface area contributed by atoms with Gasteiger partial charge in [0.25, 0.3) is 5.91 Å². The largest absolute Gasteiger partial charge is 0.335 e. The number of carbonyl (C=O) groups excluding carboxylic acids is 2. The molecular formula is C28H32FN5O2S. The maximum Gasteiger partial charge on any atom is 0.322 e. The molecule has 1 aliphatic heterocycles. The smallest absolute Gasteiger partial charge is 0.322 e. The highest BCUT2D eigenvalue weighted by atomic mass is 32.1. The van der Waals surface area contributed by atoms with Gasteiger partial charge in [0, 0.05) is 44.1 Å². The minimum atomic E-state index is -0.492. The minimum absolute atomic E-state index is 0.0890. The fraction of sp³-hybridized carbons (Fsp3) is 0.321. The number of anilines is 1. The molecule has 1 aromatic heterocycles. The molecule has 1 fully saturated rings. The number of halogens is 1. The van der Waals surface area contributed by atoms with Crippen LogP contribution in [-0.2, 0) is 6.54 Å². The van der Waals surface area contributed by atoms with Crippen molar-refractivity contribution in [2.45, 2.75) is 26.4 Å². The minimum Gasteiger partial charge on any atom is -0.335 e. The molecule has 0 spiro atoms. The van der Waals surface area contributed by atoms with Gasteiger partial charge in [0.05, 0.1) is 12.2 Å². The first-order chi connectivity index (χ1) is 17.9. The summed E-state index contributed by atoms with van der Waals surface area (Å²) in [6.07, 6.45) is 4.27. The van der Waals surface area contributed by atoms with Crippen molar-refractivity contribution in [3.63, 3.8) is 0 Å². The molecule has 0 aliphatic carbocycles. The summed E-state index contributed by atoms with van der Waals surface area (Å²) >= 11 is 1.35. The molecule has 1 saturated heterocycles. The van der Waals surface area contributed by atoms with Crippen LogP contribution in [0.4, 0.5) is 14.9 Å². The molecule has 3 amide bonds. The lowest BCUT2D eigenvalue weighted by Crippen LogP contribution is -2.48. The summed E-state index contributed by atoms with van der Waals surface area (Å²) in [5.74, 6) is -0.581. The Hall–Kier alpha value is -3.56. The molecule has 37 heavy (non-hydrogen) atoms. The van der Waals surface area contributed by atoms with Gasteiger partial charge in [-0.1, -0.05) is 54.6 Å². The lowest BCUT2D eigenvalue weighted by molar-refractivity contribution is 0.0645. The van der Waals surface area contributed by atoms with E-state index < -0.39 is 11.8 Å². The second-order valence-electron chi connectivity index (χ2n) is 9.16. The highest BCUT2D eigenvalue weighted by Gasteiger charge is 2.25. The van der Waals surface area contributed by atoms with Crippen LogP contribution in [0.15, 0.2) is 66.1 Å². The van der Waals surface area contributed by atoms with Gasteiger partial charge in [-0.2, -0.15) is 0 Å². The second kappa shape index (κ2) is 12.6. The van der Waals surface area contributed by atoms with Crippen LogP contribution in [-0.4, -0.2) is 70.4 Å². The first kappa shape index (κ1) is 26.5. The third-order valence-corrected chi connectivity index (χ3v) is 7.04. The molecule has 0 atom stereocenters. The predicted molar refractivity (Wildman–Crippen MR) is 146 cm³/mol. The Morgan fingerprint density at radius 1 is 1.08 bits per heavy atom. The van der Waals surface area contributed by atoms with Gasteiger partial charge < -0.3 is 15.1 Å². The molecule has 194 valence electrons. The van der Waals surface area contributed by atoms with Crippen molar-refractivity contribution in [3.8, 4) is 0 Å². The number of hydrogen-bond acceptors (Lipinski definition) is 5. The zero-order chi connectivity index (χ0) is 26.2. The van der Waals surface area contributed by atoms with Crippen molar-refractivity contribution in [2.24, 2.45) is 0 Å². The Morgan fingerprint density at radius 2 is 1.78 bits per heavy atom. The van der Waals surface area contributed by atoms with Crippen molar-refractivity contribution < 1.29 is 14.0 Å². The van der Waals surface area contributed by atoms with Gasteiger partial charge >= 0.3 is 6.03 Å². The SMILES string of the molecule is CC(C)N(Cc1nc(C(=O)N2CCN(C/C=C/c3ccccc3)CC2)cs1)C(=O)Nc1ccccc1F. The maximum atomic E-state index is 14.0. The number of amides is 3. The van der Waals surface area contributed by atoms with E-state index in [1.807, 2.05) is 36.9 Å². The second-order valence-corrected chi connectivity index (χ2v) is 10.1. The van der Waals surface area contributed by atoms with Crippen LogP contribution in [0.25, 0.3) is 6.08 Å². The van der Waals surface area contributed by atoms with Crippen molar-refractivity contribution in [2.75, 3.05) is 38.0 Å². The van der Waals surface area contributed by atoms with Gasteiger partial charge in [-0.05, 0) is 31.5 Å². The highest BCUT2D eigenvalue weighted by Crippen LogP contribution is 2.19. The lowest BCUT2D eigenvalue weighted by Gasteiger charge is -2.33. The van der Waals surface area contributed by atoms with E-state index >= 15 is 0 Å². The van der Waals surface area contributed by atoms with Crippen molar-refractivity contribution in [3.05, 3.63) is 88.1 Å². The average molecular weight is 522 g/mol. The zero-order valence-electron chi connectivity index (χ0n) is 21.1. The van der Waals surface area contributed by atoms with Gasteiger partial charge in [-0.3, -0.25) is 9.69 Å². The standard InChI is InChI=1S/C28H32FN5O2S/c1-21(2)34(28(36)31-24-13-7-6-12-23(24)29)19-26-30-25(20-37-26)27(35)33-17-15-32(16-18-33)14-8-11-22-9-4-3-5-10-22/h3-13,20-21H,14-19H2,1-2H3,(H,31,36)/b11-8+. The summed E-state index contributed by atoms with van der Waals surface area (Å²) in [6.45, 7) is 7.75. The van der Waals surface area contributed by atoms with E-state index in [0.29, 0.717) is 23.8 Å². The predicted octanol–water partition coefficient (Wildman–Crippen LogP) is 5.20. The van der Waals surface area contributed by atoms with Gasteiger partial charge in [0.1, 0.15) is 16.5 Å². The number of benzene rings is 2. The molecule has 0 bridgehead atoms. The van der Waals surface area contributed by atoms with Crippen LogP contribution < -0.4 is 5.32 Å². The zero-order valence-corrected chi connectivity index (χ0v) is 22.0. The van der Waals surface area contributed by atoms with Crippen molar-refractivity contribution in [1.29, 1.82) is 0 Å². The topological polar surface area (TPSA) is 68.8 Å². The Morgan fingerprint density at radius 3 is 2.49 bits per heavy atom. The van der Waals surface area contributed by atoms with Crippen LogP contribution in [0.2, 0.25) is 0 Å². The van der Waals surface area contributed by atoms with E-state index in [2.05, 4.69) is 39.5 Å². The number of carbonyl (C=O) groups is 2. The quantitative estimate of drug-likeness (QED) is 0.443. The molecule has 9 heteroatoms. The normalized spacial score (nSPS) is 14.3. The Labute approximate surface area is 221 Å². The van der Waals surface area contributed by atoms with E-state index in [1.165, 1.54) is 29.0 Å². The van der Waals surface area contributed by atoms with E-state index in [9.17, 15) is 14.0 Å². The number of thiazole rings is 1. The number of rotatable bonds is 8. The van der Waals surface area contributed by atoms with Crippen LogP contribution in [0.5, 0.6) is 0 Å². The third-order valence-electron chi connectivity index (χ3n) is 6.21. The van der Waals surface area contributed by atoms with Crippen molar-refractivity contribution >= 4 is 35.0 Å². The molecular weight excluding hydrogens is 489 g/mol. The number of nitrogens with one attached hydrogen (secondary N) is 1. The van der Waals surface area contributed by atoms with Gasteiger partial charge in [-0.25, -0.2) is 14.2 Å². The van der Waals surface area contributed by atoms with Crippen LogP contribution in [0.3, 0.4) is 0 Å². The molecule has 4 rings (SSSR count). The maximum absolute atomic E-state index is 14.0. The summed E-state index contributed by atoms with van der Waals surface area (Å²) in [5, 5.41) is 5.03. The molecule has 0 radical (unpaired) electrons.